The van der Waals surface area contributed by atoms with Crippen LogP contribution in [0.5, 0.6) is 0 Å². The highest BCUT2D eigenvalue weighted by atomic mass is 16.5. The molecule has 0 amide bonds. The van der Waals surface area contributed by atoms with Gasteiger partial charge in [0.1, 0.15) is 0 Å². The Kier molecular flexibility index (Phi) is 15.7. The van der Waals surface area contributed by atoms with Gasteiger partial charge in [0.25, 0.3) is 0 Å². The summed E-state index contributed by atoms with van der Waals surface area (Å²) in [6.07, 6.45) is 21.5. The minimum absolute atomic E-state index is 0.502. The third-order valence-corrected chi connectivity index (χ3v) is 4.40. The number of rotatable bonds is 17. The number of aliphatic hydroxyl groups is 2. The maximum absolute atomic E-state index is 9.19. The molecule has 0 unspecified atom stereocenters. The van der Waals surface area contributed by atoms with Crippen LogP contribution in [0.25, 0.3) is 0 Å². The fraction of sp³-hybridized carbons (Fsp3) is 0.950. The van der Waals surface area contributed by atoms with Crippen molar-refractivity contribution in [2.75, 3.05) is 0 Å². The van der Waals surface area contributed by atoms with Gasteiger partial charge in [0.15, 0.2) is 5.79 Å². The largest absolute Gasteiger partial charge is 0.366 e. The first-order valence-electron chi connectivity index (χ1n) is 9.80. The van der Waals surface area contributed by atoms with Crippen molar-refractivity contribution in [3.63, 3.8) is 0 Å². The molecule has 0 bridgehead atoms. The normalized spacial score (nSPS) is 12.0. The van der Waals surface area contributed by atoms with Crippen molar-refractivity contribution in [1.82, 2.24) is 0 Å². The number of hydrogen-bond acceptors (Lipinski definition) is 2. The lowest BCUT2D eigenvalue weighted by atomic mass is 10.0. The fourth-order valence-electron chi connectivity index (χ4n) is 2.93. The van der Waals surface area contributed by atoms with Crippen LogP contribution in [0.15, 0.2) is 0 Å². The number of hydrogen-bond donors (Lipinski definition) is 2. The van der Waals surface area contributed by atoms with Crippen molar-refractivity contribution in [2.24, 2.45) is 0 Å². The second-order valence-electron chi connectivity index (χ2n) is 7.12. The average Bonchev–Trinajstić information content (AvgIpc) is 2.45. The molecule has 0 saturated carbocycles. The Labute approximate surface area is 139 Å². The van der Waals surface area contributed by atoms with Crippen LogP contribution < -0.4 is 0 Å². The summed E-state index contributed by atoms with van der Waals surface area (Å²) in [5.74, 6) is -1.47. The van der Waals surface area contributed by atoms with Gasteiger partial charge in [-0.2, -0.15) is 0 Å². The predicted molar refractivity (Wildman–Crippen MR) is 96.7 cm³/mol. The van der Waals surface area contributed by atoms with Crippen LogP contribution >= 0.6 is 0 Å². The molecule has 2 N–H and O–H groups in total. The lowest BCUT2D eigenvalue weighted by Gasteiger charge is -2.14. The van der Waals surface area contributed by atoms with Gasteiger partial charge < -0.3 is 10.2 Å². The van der Waals surface area contributed by atoms with Crippen molar-refractivity contribution in [1.29, 1.82) is 0 Å². The van der Waals surface area contributed by atoms with Gasteiger partial charge in [-0.05, 0) is 13.3 Å². The van der Waals surface area contributed by atoms with E-state index in [1.807, 2.05) is 0 Å². The highest BCUT2D eigenvalue weighted by molar-refractivity contribution is 4.56. The topological polar surface area (TPSA) is 40.5 Å². The Balaban J connectivity index is 3.00. The van der Waals surface area contributed by atoms with Gasteiger partial charge in [0.2, 0.25) is 0 Å². The highest BCUT2D eigenvalue weighted by Gasteiger charge is 2.13. The molecule has 0 aromatic carbocycles. The Bertz CT molecular complexity index is 208. The van der Waals surface area contributed by atoms with E-state index < -0.39 is 5.79 Å². The van der Waals surface area contributed by atoms with E-state index in [1.165, 1.54) is 90.4 Å². The summed E-state index contributed by atoms with van der Waals surface area (Å²) in [6, 6.07) is 0. The molecule has 133 valence electrons. The molecule has 0 aliphatic heterocycles. The molecule has 0 aliphatic carbocycles. The van der Waals surface area contributed by atoms with Gasteiger partial charge >= 0.3 is 0 Å². The monoisotopic (exact) mass is 313 g/mol. The molecule has 0 rings (SSSR count). The van der Waals surface area contributed by atoms with Crippen LogP contribution in [-0.4, -0.2) is 16.0 Å². The van der Waals surface area contributed by atoms with Crippen LogP contribution in [0.2, 0.25) is 0 Å². The van der Waals surface area contributed by atoms with E-state index in [9.17, 15) is 10.2 Å². The molecule has 2 heteroatoms. The van der Waals surface area contributed by atoms with E-state index in [0.29, 0.717) is 6.42 Å². The predicted octanol–water partition coefficient (Wildman–Crippen LogP) is 6.15. The standard InChI is InChI=1S/C20H41O2/c1-3-4-5-6-7-8-9-10-11-12-13-14-15-16-17-18-19-20(2,21)22/h21-22H,1,3-19H2,2H3. The molecule has 0 aromatic rings. The molecule has 2 nitrogen and oxygen atoms in total. The van der Waals surface area contributed by atoms with E-state index in [-0.39, 0.29) is 0 Å². The molecule has 0 atom stereocenters. The van der Waals surface area contributed by atoms with E-state index in [2.05, 4.69) is 6.92 Å². The van der Waals surface area contributed by atoms with Gasteiger partial charge in [-0.3, -0.25) is 0 Å². The van der Waals surface area contributed by atoms with Crippen LogP contribution in [0.1, 0.15) is 116 Å². The molecule has 0 fully saturated rings. The summed E-state index contributed by atoms with van der Waals surface area (Å²) < 4.78 is 0. The summed E-state index contributed by atoms with van der Waals surface area (Å²) in [5.41, 5.74) is 0. The Morgan fingerprint density at radius 3 is 1.09 bits per heavy atom. The zero-order chi connectivity index (χ0) is 16.5. The highest BCUT2D eigenvalue weighted by Crippen LogP contribution is 2.15. The fourth-order valence-corrected chi connectivity index (χ4v) is 2.93. The lowest BCUT2D eigenvalue weighted by molar-refractivity contribution is -0.150. The first kappa shape index (κ1) is 21.9. The molecule has 0 aliphatic rings. The Morgan fingerprint density at radius 1 is 0.545 bits per heavy atom. The Hall–Kier alpha value is -0.0800. The Morgan fingerprint density at radius 2 is 0.818 bits per heavy atom. The SMILES string of the molecule is [CH2]CCCCCCCCCCCCCCCCCC(C)(O)O. The summed E-state index contributed by atoms with van der Waals surface area (Å²) in [5, 5.41) is 18.4. The molecular formula is C20H41O2. The third-order valence-electron chi connectivity index (χ3n) is 4.40. The minimum atomic E-state index is -1.47. The summed E-state index contributed by atoms with van der Waals surface area (Å²) >= 11 is 0. The summed E-state index contributed by atoms with van der Waals surface area (Å²) in [4.78, 5) is 0. The van der Waals surface area contributed by atoms with Crippen molar-refractivity contribution in [2.45, 2.75) is 122 Å². The first-order valence-corrected chi connectivity index (χ1v) is 9.80. The second-order valence-corrected chi connectivity index (χ2v) is 7.12. The van der Waals surface area contributed by atoms with Gasteiger partial charge in [-0.1, -0.05) is 103 Å². The zero-order valence-electron chi connectivity index (χ0n) is 15.1. The molecule has 22 heavy (non-hydrogen) atoms. The number of unbranched alkanes of at least 4 members (excludes halogenated alkanes) is 15. The van der Waals surface area contributed by atoms with Gasteiger partial charge in [0.05, 0.1) is 0 Å². The molecule has 1 radical (unpaired) electrons. The van der Waals surface area contributed by atoms with Crippen molar-refractivity contribution >= 4 is 0 Å². The van der Waals surface area contributed by atoms with Gasteiger partial charge in [-0.25, -0.2) is 0 Å². The van der Waals surface area contributed by atoms with Crippen molar-refractivity contribution < 1.29 is 10.2 Å². The molecule has 0 spiro atoms. The van der Waals surface area contributed by atoms with E-state index in [0.717, 1.165) is 19.3 Å². The minimum Gasteiger partial charge on any atom is -0.366 e. The summed E-state index contributed by atoms with van der Waals surface area (Å²) in [6.45, 7) is 5.35. The van der Waals surface area contributed by atoms with E-state index >= 15 is 0 Å². The van der Waals surface area contributed by atoms with Gasteiger partial charge in [-0.15, -0.1) is 0 Å². The maximum atomic E-state index is 9.19. The molecule has 0 saturated heterocycles. The second kappa shape index (κ2) is 15.8. The molecule has 0 heterocycles. The quantitative estimate of drug-likeness (QED) is 0.249. The van der Waals surface area contributed by atoms with Crippen molar-refractivity contribution in [3.8, 4) is 0 Å². The van der Waals surface area contributed by atoms with Gasteiger partial charge in [0, 0.05) is 6.42 Å². The lowest BCUT2D eigenvalue weighted by Crippen LogP contribution is -2.22. The van der Waals surface area contributed by atoms with E-state index in [4.69, 9.17) is 0 Å². The first-order chi connectivity index (χ1) is 10.6. The molecule has 0 aromatic heterocycles. The van der Waals surface area contributed by atoms with Crippen LogP contribution in [0, 0.1) is 6.92 Å². The average molecular weight is 314 g/mol. The van der Waals surface area contributed by atoms with Crippen LogP contribution in [0.3, 0.4) is 0 Å². The van der Waals surface area contributed by atoms with Crippen LogP contribution in [-0.2, 0) is 0 Å². The smallest absolute Gasteiger partial charge is 0.159 e. The zero-order valence-corrected chi connectivity index (χ0v) is 15.1. The van der Waals surface area contributed by atoms with E-state index in [1.54, 1.807) is 0 Å². The summed E-state index contributed by atoms with van der Waals surface area (Å²) in [7, 11) is 0. The molecular weight excluding hydrogens is 272 g/mol. The van der Waals surface area contributed by atoms with Crippen LogP contribution in [0.4, 0.5) is 0 Å². The van der Waals surface area contributed by atoms with Crippen molar-refractivity contribution in [3.05, 3.63) is 6.92 Å². The maximum Gasteiger partial charge on any atom is 0.159 e. The third kappa shape index (κ3) is 19.9.